The molecule has 1 spiro atoms. The van der Waals surface area contributed by atoms with Gasteiger partial charge in [-0.05, 0) is 49.5 Å². The van der Waals surface area contributed by atoms with Gasteiger partial charge < -0.3 is 14.3 Å². The Bertz CT molecular complexity index is 345. The van der Waals surface area contributed by atoms with Crippen molar-refractivity contribution < 1.29 is 14.3 Å². The van der Waals surface area contributed by atoms with Gasteiger partial charge in [-0.1, -0.05) is 20.8 Å². The van der Waals surface area contributed by atoms with Crippen LogP contribution in [0.1, 0.15) is 40.0 Å². The molecule has 1 aliphatic heterocycles. The first-order valence-corrected chi connectivity index (χ1v) is 9.80. The van der Waals surface area contributed by atoms with Crippen LogP contribution in [0.25, 0.3) is 0 Å². The molecule has 1 N–H and O–H groups in total. The van der Waals surface area contributed by atoms with Gasteiger partial charge in [0.1, 0.15) is 5.60 Å². The van der Waals surface area contributed by atoms with E-state index in [0.717, 1.165) is 19.3 Å². The molecule has 0 aromatic carbocycles. The van der Waals surface area contributed by atoms with Crippen molar-refractivity contribution in [2.75, 3.05) is 0 Å². The summed E-state index contributed by atoms with van der Waals surface area (Å²) >= 11 is 0. The summed E-state index contributed by atoms with van der Waals surface area (Å²) in [5.74, 6) is 0. The summed E-state index contributed by atoms with van der Waals surface area (Å²) < 4.78 is 12.2. The second-order valence-corrected chi connectivity index (χ2v) is 11.8. The Morgan fingerprint density at radius 3 is 2.56 bits per heavy atom. The Kier molecular flexibility index (Phi) is 3.52. The van der Waals surface area contributed by atoms with Gasteiger partial charge in [-0.15, -0.1) is 0 Å². The van der Waals surface area contributed by atoms with Crippen molar-refractivity contribution in [3.05, 3.63) is 12.2 Å². The lowest BCUT2D eigenvalue weighted by molar-refractivity contribution is -0.150. The molecule has 4 heteroatoms. The number of ether oxygens (including phenoxy) is 1. The fraction of sp³-hybridized carbons (Fsp3) is 0.857. The Morgan fingerprint density at radius 2 is 2.06 bits per heavy atom. The van der Waals surface area contributed by atoms with Gasteiger partial charge in [-0.3, -0.25) is 0 Å². The van der Waals surface area contributed by atoms with Gasteiger partial charge >= 0.3 is 0 Å². The smallest absolute Gasteiger partial charge is 0.192 e. The molecule has 104 valence electrons. The molecule has 0 bridgehead atoms. The molecule has 1 heterocycles. The lowest BCUT2D eigenvalue weighted by atomic mass is 10.0. The molecule has 0 radical (unpaired) electrons. The quantitative estimate of drug-likeness (QED) is 0.618. The maximum Gasteiger partial charge on any atom is 0.192 e. The molecule has 0 amide bonds. The first kappa shape index (κ1) is 14.3. The first-order valence-electron chi connectivity index (χ1n) is 6.89. The largest absolute Gasteiger partial charge is 0.411 e. The van der Waals surface area contributed by atoms with Crippen molar-refractivity contribution in [2.45, 2.75) is 76.2 Å². The van der Waals surface area contributed by atoms with Gasteiger partial charge in [-0.25, -0.2) is 0 Å². The molecule has 0 aromatic rings. The van der Waals surface area contributed by atoms with Crippen LogP contribution in [0.4, 0.5) is 0 Å². The second-order valence-electron chi connectivity index (χ2n) is 7.08. The van der Waals surface area contributed by atoms with Crippen LogP contribution < -0.4 is 0 Å². The zero-order valence-electron chi connectivity index (χ0n) is 12.2. The lowest BCUT2D eigenvalue weighted by Crippen LogP contribution is -2.50. The molecular weight excluding hydrogens is 244 g/mol. The van der Waals surface area contributed by atoms with Gasteiger partial charge in [0.15, 0.2) is 14.6 Å². The average molecular weight is 270 g/mol. The summed E-state index contributed by atoms with van der Waals surface area (Å²) in [4.78, 5) is 0. The van der Waals surface area contributed by atoms with Gasteiger partial charge in [0.05, 0.1) is 6.10 Å². The molecule has 1 fully saturated rings. The Hall–Kier alpha value is -0.163. The van der Waals surface area contributed by atoms with Crippen LogP contribution in [-0.4, -0.2) is 31.4 Å². The van der Waals surface area contributed by atoms with Crippen LogP contribution in [0, 0.1) is 0 Å². The molecule has 2 rings (SSSR count). The highest BCUT2D eigenvalue weighted by Gasteiger charge is 2.50. The average Bonchev–Trinajstić information content (AvgIpc) is 2.74. The Balaban J connectivity index is 2.12. The molecule has 0 unspecified atom stereocenters. The maximum absolute atomic E-state index is 9.58. The molecular formula is C14H26O3Si. The van der Waals surface area contributed by atoms with Gasteiger partial charge in [0, 0.05) is 0 Å². The fourth-order valence-electron chi connectivity index (χ4n) is 2.53. The standard InChI is InChI=1S/C14H26O3Si/c1-13(2,3)18(4,5)17-11-7-6-9-14(11)10-8-12(15)16-14/h8,10-12,15H,6-7,9H2,1-5H3/t11-,12-,14+/m1/s1. The normalized spacial score (nSPS) is 36.8. The predicted octanol–water partition coefficient (Wildman–Crippen LogP) is 3.20. The van der Waals surface area contributed by atoms with Crippen LogP contribution in [0.5, 0.6) is 0 Å². The Labute approximate surface area is 111 Å². The molecule has 1 saturated carbocycles. The van der Waals surface area contributed by atoms with Crippen LogP contribution in [-0.2, 0) is 9.16 Å². The summed E-state index contributed by atoms with van der Waals surface area (Å²) in [6.45, 7) is 11.3. The molecule has 0 saturated heterocycles. The van der Waals surface area contributed by atoms with Gasteiger partial charge in [0.2, 0.25) is 0 Å². The van der Waals surface area contributed by atoms with E-state index in [4.69, 9.17) is 9.16 Å². The topological polar surface area (TPSA) is 38.7 Å². The van der Waals surface area contributed by atoms with Crippen LogP contribution in [0.3, 0.4) is 0 Å². The maximum atomic E-state index is 9.58. The van der Waals surface area contributed by atoms with E-state index < -0.39 is 14.6 Å². The van der Waals surface area contributed by atoms with E-state index in [1.807, 2.05) is 6.08 Å². The fourth-order valence-corrected chi connectivity index (χ4v) is 3.92. The van der Waals surface area contributed by atoms with E-state index in [1.54, 1.807) is 6.08 Å². The van der Waals surface area contributed by atoms with Crippen LogP contribution >= 0.6 is 0 Å². The van der Waals surface area contributed by atoms with E-state index in [-0.39, 0.29) is 16.7 Å². The third kappa shape index (κ3) is 2.44. The highest BCUT2D eigenvalue weighted by atomic mass is 28.4. The monoisotopic (exact) mass is 270 g/mol. The summed E-state index contributed by atoms with van der Waals surface area (Å²) in [6, 6.07) is 0. The molecule has 2 aliphatic rings. The highest BCUT2D eigenvalue weighted by molar-refractivity contribution is 6.74. The zero-order chi connectivity index (χ0) is 13.6. The number of hydrogen-bond acceptors (Lipinski definition) is 3. The summed E-state index contributed by atoms with van der Waals surface area (Å²) in [7, 11) is -1.78. The summed E-state index contributed by atoms with van der Waals surface area (Å²) in [5, 5.41) is 9.78. The van der Waals surface area contributed by atoms with Crippen molar-refractivity contribution in [3.8, 4) is 0 Å². The van der Waals surface area contributed by atoms with Gasteiger partial charge in [0.25, 0.3) is 0 Å². The van der Waals surface area contributed by atoms with Crippen molar-refractivity contribution in [1.82, 2.24) is 0 Å². The third-order valence-corrected chi connectivity index (χ3v) is 9.19. The molecule has 18 heavy (non-hydrogen) atoms. The van der Waals surface area contributed by atoms with Crippen molar-refractivity contribution in [3.63, 3.8) is 0 Å². The van der Waals surface area contributed by atoms with Gasteiger partial charge in [-0.2, -0.15) is 0 Å². The predicted molar refractivity (Wildman–Crippen MR) is 74.9 cm³/mol. The first-order chi connectivity index (χ1) is 8.16. The zero-order valence-corrected chi connectivity index (χ0v) is 13.2. The minimum atomic E-state index is -1.78. The Morgan fingerprint density at radius 1 is 1.39 bits per heavy atom. The van der Waals surface area contributed by atoms with E-state index in [9.17, 15) is 5.11 Å². The number of rotatable bonds is 2. The second kappa shape index (κ2) is 4.44. The number of hydrogen-bond donors (Lipinski definition) is 1. The number of aliphatic hydroxyl groups is 1. The summed E-state index contributed by atoms with van der Waals surface area (Å²) in [6.07, 6.45) is 6.20. The minimum absolute atomic E-state index is 0.104. The highest BCUT2D eigenvalue weighted by Crippen LogP contribution is 2.45. The minimum Gasteiger partial charge on any atom is -0.411 e. The van der Waals surface area contributed by atoms with Crippen molar-refractivity contribution >= 4 is 8.32 Å². The molecule has 0 aromatic heterocycles. The van der Waals surface area contributed by atoms with Crippen molar-refractivity contribution in [1.29, 1.82) is 0 Å². The van der Waals surface area contributed by atoms with E-state index in [2.05, 4.69) is 33.9 Å². The van der Waals surface area contributed by atoms with E-state index in [1.165, 1.54) is 0 Å². The number of aliphatic hydroxyl groups excluding tert-OH is 1. The summed E-state index contributed by atoms with van der Waals surface area (Å²) in [5.41, 5.74) is -0.366. The van der Waals surface area contributed by atoms with E-state index >= 15 is 0 Å². The molecule has 3 nitrogen and oxygen atoms in total. The lowest BCUT2D eigenvalue weighted by Gasteiger charge is -2.42. The van der Waals surface area contributed by atoms with E-state index in [0.29, 0.717) is 0 Å². The SMILES string of the molecule is CC(C)(C)[Si](C)(C)O[C@@H]1CCC[C@]12C=C[C@H](O)O2. The third-order valence-electron chi connectivity index (χ3n) is 4.71. The molecule has 3 atom stereocenters. The molecule has 1 aliphatic carbocycles. The van der Waals surface area contributed by atoms with Crippen LogP contribution in [0.15, 0.2) is 12.2 Å². The van der Waals surface area contributed by atoms with Crippen LogP contribution in [0.2, 0.25) is 18.1 Å². The van der Waals surface area contributed by atoms with Crippen molar-refractivity contribution in [2.24, 2.45) is 0 Å².